The van der Waals surface area contributed by atoms with E-state index in [0.717, 1.165) is 23.1 Å². The number of hydrogen-bond donors (Lipinski definition) is 1. The first-order chi connectivity index (χ1) is 13.7. The van der Waals surface area contributed by atoms with Gasteiger partial charge in [0.15, 0.2) is 5.58 Å². The Hall–Kier alpha value is -3.60. The molecule has 5 nitrogen and oxygen atoms in total. The highest BCUT2D eigenvalue weighted by atomic mass is 16.4. The maximum atomic E-state index is 13.1. The minimum atomic E-state index is -0.473. The van der Waals surface area contributed by atoms with Crippen molar-refractivity contribution in [2.45, 2.75) is 19.0 Å². The Bertz CT molecular complexity index is 1220. The number of nitrogens with zero attached hydrogens (tertiary/aromatic N) is 1. The van der Waals surface area contributed by atoms with Gasteiger partial charge in [-0.25, -0.2) is 4.79 Å². The number of hydrogen-bond acceptors (Lipinski definition) is 3. The van der Waals surface area contributed by atoms with Crippen molar-refractivity contribution < 1.29 is 9.21 Å². The molecule has 138 valence electrons. The van der Waals surface area contributed by atoms with E-state index in [2.05, 4.69) is 17.1 Å². The lowest BCUT2D eigenvalue weighted by molar-refractivity contribution is 0.0709. The Kier molecular flexibility index (Phi) is 3.86. The van der Waals surface area contributed by atoms with Gasteiger partial charge in [-0.2, -0.15) is 0 Å². The Morgan fingerprint density at radius 1 is 0.893 bits per heavy atom. The van der Waals surface area contributed by atoms with Crippen LogP contribution in [-0.2, 0) is 13.0 Å². The van der Waals surface area contributed by atoms with E-state index in [9.17, 15) is 9.59 Å². The van der Waals surface area contributed by atoms with Crippen LogP contribution in [0.4, 0.5) is 0 Å². The highest BCUT2D eigenvalue weighted by Crippen LogP contribution is 2.37. The van der Waals surface area contributed by atoms with Gasteiger partial charge in [0.25, 0.3) is 5.91 Å². The normalized spacial score (nSPS) is 15.9. The van der Waals surface area contributed by atoms with Gasteiger partial charge >= 0.3 is 5.76 Å². The van der Waals surface area contributed by atoms with E-state index in [1.807, 2.05) is 65.6 Å². The topological polar surface area (TPSA) is 66.3 Å². The van der Waals surface area contributed by atoms with Crippen molar-refractivity contribution >= 4 is 17.0 Å². The third kappa shape index (κ3) is 2.81. The molecule has 0 radical (unpaired) electrons. The van der Waals surface area contributed by atoms with Gasteiger partial charge in [-0.15, -0.1) is 0 Å². The molecule has 0 fully saturated rings. The fourth-order valence-corrected chi connectivity index (χ4v) is 3.97. The van der Waals surface area contributed by atoms with Crippen LogP contribution in [-0.4, -0.2) is 15.8 Å². The first-order valence-electron chi connectivity index (χ1n) is 9.24. The number of rotatable bonds is 4. The minimum Gasteiger partial charge on any atom is -0.408 e. The molecule has 0 saturated carbocycles. The van der Waals surface area contributed by atoms with Gasteiger partial charge in [-0.05, 0) is 41.3 Å². The molecule has 1 N–H and O–H groups in total. The summed E-state index contributed by atoms with van der Waals surface area (Å²) in [6, 6.07) is 23.5. The molecule has 28 heavy (non-hydrogen) atoms. The van der Waals surface area contributed by atoms with E-state index in [-0.39, 0.29) is 11.9 Å². The van der Waals surface area contributed by atoms with Crippen LogP contribution in [0.25, 0.3) is 11.1 Å². The monoisotopic (exact) mass is 370 g/mol. The lowest BCUT2D eigenvalue weighted by Crippen LogP contribution is -2.28. The highest BCUT2D eigenvalue weighted by Gasteiger charge is 2.36. The largest absolute Gasteiger partial charge is 0.417 e. The molecule has 0 saturated heterocycles. The van der Waals surface area contributed by atoms with Crippen LogP contribution in [0.2, 0.25) is 0 Å². The number of benzene rings is 3. The van der Waals surface area contributed by atoms with Crippen molar-refractivity contribution in [3.05, 3.63) is 106 Å². The first-order valence-corrected chi connectivity index (χ1v) is 9.24. The van der Waals surface area contributed by atoms with Gasteiger partial charge in [-0.1, -0.05) is 54.6 Å². The summed E-state index contributed by atoms with van der Waals surface area (Å²) in [6.45, 7) is 0.454. The average molecular weight is 370 g/mol. The van der Waals surface area contributed by atoms with E-state index < -0.39 is 5.76 Å². The number of H-pyrrole nitrogens is 1. The fourth-order valence-electron chi connectivity index (χ4n) is 3.97. The predicted octanol–water partition coefficient (Wildman–Crippen LogP) is 4.06. The third-order valence-corrected chi connectivity index (χ3v) is 5.30. The van der Waals surface area contributed by atoms with Gasteiger partial charge in [0.1, 0.15) is 0 Å². The van der Waals surface area contributed by atoms with E-state index in [1.54, 1.807) is 0 Å². The number of amides is 1. The summed E-state index contributed by atoms with van der Waals surface area (Å²) in [6.07, 6.45) is 0.755. The molecule has 2 heterocycles. The summed E-state index contributed by atoms with van der Waals surface area (Å²) in [4.78, 5) is 29.1. The van der Waals surface area contributed by atoms with Crippen LogP contribution >= 0.6 is 0 Å². The molecule has 4 aromatic rings. The van der Waals surface area contributed by atoms with Crippen molar-refractivity contribution in [3.63, 3.8) is 0 Å². The minimum absolute atomic E-state index is 0.0278. The predicted molar refractivity (Wildman–Crippen MR) is 106 cm³/mol. The molecule has 0 bridgehead atoms. The molecule has 1 aliphatic rings. The molecule has 0 unspecified atom stereocenters. The molecule has 1 amide bonds. The number of oxazole rings is 1. The first kappa shape index (κ1) is 16.6. The Morgan fingerprint density at radius 3 is 2.54 bits per heavy atom. The van der Waals surface area contributed by atoms with Crippen LogP contribution in [0.5, 0.6) is 0 Å². The van der Waals surface area contributed by atoms with E-state index in [4.69, 9.17) is 4.42 Å². The van der Waals surface area contributed by atoms with Crippen molar-refractivity contribution in [1.82, 2.24) is 9.88 Å². The summed E-state index contributed by atoms with van der Waals surface area (Å²) in [7, 11) is 0. The summed E-state index contributed by atoms with van der Waals surface area (Å²) >= 11 is 0. The van der Waals surface area contributed by atoms with Crippen molar-refractivity contribution in [1.29, 1.82) is 0 Å². The van der Waals surface area contributed by atoms with Crippen LogP contribution < -0.4 is 5.76 Å². The molecule has 0 spiro atoms. The molecule has 5 rings (SSSR count). The molecule has 0 aliphatic carbocycles. The number of aromatic nitrogens is 1. The molecule has 1 aliphatic heterocycles. The van der Waals surface area contributed by atoms with E-state index in [0.29, 0.717) is 17.6 Å². The van der Waals surface area contributed by atoms with Crippen molar-refractivity contribution in [2.24, 2.45) is 0 Å². The fraction of sp³-hybridized carbons (Fsp3) is 0.130. The highest BCUT2D eigenvalue weighted by molar-refractivity contribution is 5.99. The summed E-state index contributed by atoms with van der Waals surface area (Å²) in [5.41, 5.74) is 5.10. The lowest BCUT2D eigenvalue weighted by atomic mass is 9.98. The Labute approximate surface area is 161 Å². The number of carbonyl (C=O) groups excluding carboxylic acids is 1. The van der Waals surface area contributed by atoms with Crippen LogP contribution in [0, 0.1) is 0 Å². The van der Waals surface area contributed by atoms with Gasteiger partial charge < -0.3 is 9.32 Å². The average Bonchev–Trinajstić information content (AvgIpc) is 3.21. The SMILES string of the molecule is O=C1c2ccccc2[C@H](Cc2ccccc2)N1Cc1ccc2[nH]c(=O)oc2c1. The van der Waals surface area contributed by atoms with Crippen molar-refractivity contribution in [2.75, 3.05) is 0 Å². The molecule has 5 heteroatoms. The molecule has 1 aromatic heterocycles. The van der Waals surface area contributed by atoms with Gasteiger partial charge in [0, 0.05) is 12.1 Å². The summed E-state index contributed by atoms with van der Waals surface area (Å²) in [5.74, 6) is -0.439. The quantitative estimate of drug-likeness (QED) is 0.589. The zero-order chi connectivity index (χ0) is 19.1. The second kappa shape index (κ2) is 6.53. The maximum absolute atomic E-state index is 13.1. The zero-order valence-electron chi connectivity index (χ0n) is 15.1. The number of nitrogens with one attached hydrogen (secondary N) is 1. The lowest BCUT2D eigenvalue weighted by Gasteiger charge is -2.26. The number of carbonyl (C=O) groups is 1. The van der Waals surface area contributed by atoms with Gasteiger partial charge in [0.05, 0.1) is 11.6 Å². The molecular weight excluding hydrogens is 352 g/mol. The van der Waals surface area contributed by atoms with Crippen molar-refractivity contribution in [3.8, 4) is 0 Å². The second-order valence-corrected chi connectivity index (χ2v) is 7.07. The number of aromatic amines is 1. The van der Waals surface area contributed by atoms with Gasteiger partial charge in [0.2, 0.25) is 0 Å². The molecule has 3 aromatic carbocycles. The van der Waals surface area contributed by atoms with E-state index >= 15 is 0 Å². The van der Waals surface area contributed by atoms with Crippen LogP contribution in [0.15, 0.2) is 82.0 Å². The number of fused-ring (bicyclic) bond motifs is 2. The summed E-state index contributed by atoms with van der Waals surface area (Å²) in [5, 5.41) is 0. The molecule has 1 atom stereocenters. The standard InChI is InChI=1S/C23H18N2O3/c26-22-18-9-5-4-8-17(18)20(12-15-6-2-1-3-7-15)25(22)14-16-10-11-19-21(13-16)28-23(27)24-19/h1-11,13,20H,12,14H2,(H,24,27)/t20-/m0/s1. The van der Waals surface area contributed by atoms with Crippen LogP contribution in [0.3, 0.4) is 0 Å². The van der Waals surface area contributed by atoms with E-state index in [1.165, 1.54) is 5.56 Å². The molecular formula is C23H18N2O3. The zero-order valence-corrected chi connectivity index (χ0v) is 15.1. The maximum Gasteiger partial charge on any atom is 0.417 e. The smallest absolute Gasteiger partial charge is 0.408 e. The Morgan fingerprint density at radius 2 is 1.68 bits per heavy atom. The summed E-state index contributed by atoms with van der Waals surface area (Å²) < 4.78 is 5.17. The van der Waals surface area contributed by atoms with Crippen LogP contribution in [0.1, 0.15) is 33.1 Å². The van der Waals surface area contributed by atoms with Gasteiger partial charge in [-0.3, -0.25) is 9.78 Å². The Balaban J connectivity index is 1.51. The third-order valence-electron chi connectivity index (χ3n) is 5.30. The second-order valence-electron chi connectivity index (χ2n) is 7.07.